The maximum atomic E-state index is 12.9. The lowest BCUT2D eigenvalue weighted by Crippen LogP contribution is -2.56. The smallest absolute Gasteiger partial charge is 0.331 e. The monoisotopic (exact) mass is 503 g/mol. The molecule has 0 fully saturated rings. The van der Waals surface area contributed by atoms with Crippen LogP contribution in [0.5, 0.6) is 5.75 Å². The predicted molar refractivity (Wildman–Crippen MR) is 140 cm³/mol. The van der Waals surface area contributed by atoms with Crippen molar-refractivity contribution in [3.63, 3.8) is 0 Å². The lowest BCUT2D eigenvalue weighted by atomic mass is 9.92. The highest BCUT2D eigenvalue weighted by atomic mass is 16.5. The number of aromatic nitrogens is 1. The number of fused-ring (bicyclic) bond motifs is 1. The molecule has 0 bridgehead atoms. The molecule has 4 rings (SSSR count). The van der Waals surface area contributed by atoms with Gasteiger partial charge in [-0.1, -0.05) is 24.3 Å². The summed E-state index contributed by atoms with van der Waals surface area (Å²) in [7, 11) is 2.76. The van der Waals surface area contributed by atoms with E-state index in [4.69, 9.17) is 14.2 Å². The van der Waals surface area contributed by atoms with Crippen LogP contribution in [0.1, 0.15) is 25.0 Å². The van der Waals surface area contributed by atoms with Crippen LogP contribution in [0.3, 0.4) is 0 Å². The van der Waals surface area contributed by atoms with E-state index >= 15 is 0 Å². The van der Waals surface area contributed by atoms with Crippen molar-refractivity contribution in [2.75, 3.05) is 26.1 Å². The second kappa shape index (κ2) is 10.6. The fourth-order valence-corrected chi connectivity index (χ4v) is 4.25. The zero-order chi connectivity index (χ0) is 26.6. The van der Waals surface area contributed by atoms with Crippen LogP contribution in [0.25, 0.3) is 16.5 Å². The first kappa shape index (κ1) is 25.6. The molecule has 2 heterocycles. The van der Waals surface area contributed by atoms with Gasteiger partial charge in [-0.15, -0.1) is 0 Å². The normalized spacial score (nSPS) is 14.5. The van der Waals surface area contributed by atoms with Crippen LogP contribution >= 0.6 is 0 Å². The van der Waals surface area contributed by atoms with Gasteiger partial charge in [-0.25, -0.2) is 4.79 Å². The van der Waals surface area contributed by atoms with Gasteiger partial charge in [0.15, 0.2) is 0 Å². The molecule has 9 nitrogen and oxygen atoms in total. The largest absolute Gasteiger partial charge is 0.496 e. The Balaban J connectivity index is 1.50. The van der Waals surface area contributed by atoms with E-state index in [9.17, 15) is 14.4 Å². The van der Waals surface area contributed by atoms with Crippen molar-refractivity contribution in [1.29, 1.82) is 0 Å². The number of hydrogen-bond acceptors (Lipinski definition) is 6. The molecule has 3 N–H and O–H groups in total. The van der Waals surface area contributed by atoms with Crippen LogP contribution in [-0.4, -0.2) is 49.1 Å². The Kier molecular flexibility index (Phi) is 7.33. The number of rotatable bonds is 7. The SMILES string of the molecule is COC(=O)[C@](C)(Cc1c[nH]c2ccccc12)NC(=O)C(=O)Nc1ccc(C2=CC=C(C)OC2)c(OC)c1. The van der Waals surface area contributed by atoms with Crippen LogP contribution in [0.2, 0.25) is 0 Å². The maximum absolute atomic E-state index is 12.9. The van der Waals surface area contributed by atoms with E-state index in [1.165, 1.54) is 21.1 Å². The number of hydrogen-bond donors (Lipinski definition) is 3. The molecule has 2 aromatic carbocycles. The molecule has 1 atom stereocenters. The van der Waals surface area contributed by atoms with Gasteiger partial charge in [0.2, 0.25) is 0 Å². The van der Waals surface area contributed by atoms with Gasteiger partial charge in [0.25, 0.3) is 0 Å². The summed E-state index contributed by atoms with van der Waals surface area (Å²) in [5.74, 6) is -1.24. The van der Waals surface area contributed by atoms with E-state index in [0.717, 1.165) is 33.4 Å². The predicted octanol–water partition coefficient (Wildman–Crippen LogP) is 3.72. The van der Waals surface area contributed by atoms with Crippen molar-refractivity contribution in [3.8, 4) is 5.75 Å². The molecule has 0 unspecified atom stereocenters. The van der Waals surface area contributed by atoms with E-state index in [1.54, 1.807) is 24.4 Å². The summed E-state index contributed by atoms with van der Waals surface area (Å²) in [6.45, 7) is 3.80. The maximum Gasteiger partial charge on any atom is 0.331 e. The number of anilines is 1. The third kappa shape index (κ3) is 5.50. The molecular weight excluding hydrogens is 474 g/mol. The number of amides is 2. The van der Waals surface area contributed by atoms with Gasteiger partial charge in [0, 0.05) is 46.4 Å². The van der Waals surface area contributed by atoms with Gasteiger partial charge in [0.1, 0.15) is 17.9 Å². The molecule has 1 aliphatic heterocycles. The highest BCUT2D eigenvalue weighted by Gasteiger charge is 2.38. The number of carbonyl (C=O) groups is 3. The fraction of sp³-hybridized carbons (Fsp3) is 0.250. The molecule has 1 aromatic heterocycles. The van der Waals surface area contributed by atoms with Crippen molar-refractivity contribution in [3.05, 3.63) is 77.7 Å². The average Bonchev–Trinajstić information content (AvgIpc) is 3.30. The van der Waals surface area contributed by atoms with E-state index in [1.807, 2.05) is 43.3 Å². The number of ether oxygens (including phenoxy) is 3. The minimum atomic E-state index is -1.48. The number of methoxy groups -OCH3 is 2. The Bertz CT molecular complexity index is 1420. The summed E-state index contributed by atoms with van der Waals surface area (Å²) >= 11 is 0. The molecule has 0 spiro atoms. The standard InChI is InChI=1S/C28H29N3O6/c1-17-9-10-18(16-37-17)22-12-11-20(13-24(22)35-3)30-25(32)26(33)31-28(2,27(34)36-4)14-19-15-29-23-8-6-5-7-21(19)23/h5-13,15,29H,14,16H2,1-4H3,(H,30,32)(H,31,33)/t28-/m0/s1. The molecule has 192 valence electrons. The molecule has 37 heavy (non-hydrogen) atoms. The number of allylic oxidation sites excluding steroid dienone is 3. The molecular formula is C28H29N3O6. The summed E-state index contributed by atoms with van der Waals surface area (Å²) in [6, 6.07) is 12.7. The molecule has 0 aliphatic carbocycles. The van der Waals surface area contributed by atoms with Gasteiger partial charge in [-0.2, -0.15) is 0 Å². The first-order chi connectivity index (χ1) is 17.7. The Morgan fingerprint density at radius 2 is 1.86 bits per heavy atom. The van der Waals surface area contributed by atoms with Crippen LogP contribution in [0.15, 0.2) is 66.6 Å². The lowest BCUT2D eigenvalue weighted by Gasteiger charge is -2.27. The van der Waals surface area contributed by atoms with Crippen LogP contribution in [0.4, 0.5) is 5.69 Å². The van der Waals surface area contributed by atoms with Crippen LogP contribution in [0, 0.1) is 0 Å². The van der Waals surface area contributed by atoms with Crippen molar-refractivity contribution in [1.82, 2.24) is 10.3 Å². The summed E-state index contributed by atoms with van der Waals surface area (Å²) in [6.07, 6.45) is 5.71. The topological polar surface area (TPSA) is 119 Å². The molecule has 9 heteroatoms. The Hall–Kier alpha value is -4.53. The molecule has 3 aromatic rings. The third-order valence-electron chi connectivity index (χ3n) is 6.23. The first-order valence-electron chi connectivity index (χ1n) is 11.7. The first-order valence-corrected chi connectivity index (χ1v) is 11.7. The molecule has 1 aliphatic rings. The van der Waals surface area contributed by atoms with Crippen molar-refractivity contribution in [2.45, 2.75) is 25.8 Å². The number of carbonyl (C=O) groups excluding carboxylic acids is 3. The number of aromatic amines is 1. The van der Waals surface area contributed by atoms with Gasteiger partial charge >= 0.3 is 17.8 Å². The number of benzene rings is 2. The Labute approximate surface area is 214 Å². The Morgan fingerprint density at radius 3 is 2.57 bits per heavy atom. The van der Waals surface area contributed by atoms with Gasteiger partial charge in [-0.05, 0) is 43.7 Å². The number of nitrogens with one attached hydrogen (secondary N) is 3. The number of H-pyrrole nitrogens is 1. The Morgan fingerprint density at radius 1 is 1.08 bits per heavy atom. The molecule has 0 saturated heterocycles. The number of para-hydroxylation sites is 1. The minimum absolute atomic E-state index is 0.121. The highest BCUT2D eigenvalue weighted by Crippen LogP contribution is 2.31. The van der Waals surface area contributed by atoms with Gasteiger partial charge in [-0.3, -0.25) is 9.59 Å². The van der Waals surface area contributed by atoms with E-state index in [0.29, 0.717) is 18.0 Å². The average molecular weight is 504 g/mol. The zero-order valence-corrected chi connectivity index (χ0v) is 21.1. The van der Waals surface area contributed by atoms with Gasteiger partial charge in [0.05, 0.1) is 20.0 Å². The van der Waals surface area contributed by atoms with Gasteiger partial charge < -0.3 is 29.8 Å². The minimum Gasteiger partial charge on any atom is -0.496 e. The highest BCUT2D eigenvalue weighted by molar-refractivity contribution is 6.40. The lowest BCUT2D eigenvalue weighted by molar-refractivity contribution is -0.151. The van der Waals surface area contributed by atoms with E-state index in [-0.39, 0.29) is 6.42 Å². The summed E-state index contributed by atoms with van der Waals surface area (Å²) in [5.41, 5.74) is 2.31. The second-order valence-electron chi connectivity index (χ2n) is 8.94. The fourth-order valence-electron chi connectivity index (χ4n) is 4.25. The molecule has 0 saturated carbocycles. The quantitative estimate of drug-likeness (QED) is 0.334. The van der Waals surface area contributed by atoms with Crippen molar-refractivity contribution < 1.29 is 28.6 Å². The van der Waals surface area contributed by atoms with Crippen LogP contribution < -0.4 is 15.4 Å². The molecule has 2 amide bonds. The van der Waals surface area contributed by atoms with Crippen molar-refractivity contribution in [2.24, 2.45) is 0 Å². The third-order valence-corrected chi connectivity index (χ3v) is 6.23. The van der Waals surface area contributed by atoms with Crippen molar-refractivity contribution >= 4 is 39.9 Å². The zero-order valence-electron chi connectivity index (χ0n) is 21.1. The molecule has 0 radical (unpaired) electrons. The summed E-state index contributed by atoms with van der Waals surface area (Å²) in [5, 5.41) is 6.04. The summed E-state index contributed by atoms with van der Waals surface area (Å²) in [4.78, 5) is 41.5. The van der Waals surface area contributed by atoms with E-state index < -0.39 is 23.3 Å². The summed E-state index contributed by atoms with van der Waals surface area (Å²) < 4.78 is 16.0. The second-order valence-corrected chi connectivity index (χ2v) is 8.94. The number of esters is 1. The van der Waals surface area contributed by atoms with E-state index in [2.05, 4.69) is 15.6 Å². The van der Waals surface area contributed by atoms with Crippen LogP contribution in [-0.2, 0) is 30.3 Å².